The fourth-order valence-corrected chi connectivity index (χ4v) is 2.55. The molecule has 0 bridgehead atoms. The summed E-state index contributed by atoms with van der Waals surface area (Å²) in [6, 6.07) is 5.42. The van der Waals surface area contributed by atoms with Crippen molar-refractivity contribution in [3.05, 3.63) is 45.5 Å². The lowest BCUT2D eigenvalue weighted by molar-refractivity contribution is 0.266. The van der Waals surface area contributed by atoms with E-state index in [2.05, 4.69) is 10.1 Å². The van der Waals surface area contributed by atoms with Crippen LogP contribution in [0, 0.1) is 0 Å². The highest BCUT2D eigenvalue weighted by atomic mass is 35.5. The highest BCUT2D eigenvalue weighted by molar-refractivity contribution is 6.36. The van der Waals surface area contributed by atoms with Crippen molar-refractivity contribution in [1.82, 2.24) is 14.8 Å². The summed E-state index contributed by atoms with van der Waals surface area (Å²) in [5, 5.41) is 14.7. The molecule has 1 heterocycles. The van der Waals surface area contributed by atoms with Crippen molar-refractivity contribution < 1.29 is 5.11 Å². The number of hydrogen-bond donors (Lipinski definition) is 1. The average Bonchev–Trinajstić information content (AvgIpc) is 2.78. The van der Waals surface area contributed by atoms with Crippen LogP contribution in [0.1, 0.15) is 37.0 Å². The lowest BCUT2D eigenvalue weighted by Gasteiger charge is -2.05. The van der Waals surface area contributed by atoms with Gasteiger partial charge in [0.2, 0.25) is 0 Å². The van der Waals surface area contributed by atoms with Crippen molar-refractivity contribution in [2.24, 2.45) is 0 Å². The molecule has 4 nitrogen and oxygen atoms in total. The first-order valence-electron chi connectivity index (χ1n) is 6.50. The first-order chi connectivity index (χ1) is 9.52. The molecule has 0 amide bonds. The molecule has 2 aromatic rings. The molecule has 0 atom stereocenters. The Morgan fingerprint density at radius 2 is 1.90 bits per heavy atom. The predicted molar refractivity (Wildman–Crippen MR) is 80.5 cm³/mol. The quantitative estimate of drug-likeness (QED) is 0.921. The summed E-state index contributed by atoms with van der Waals surface area (Å²) in [6.07, 6.45) is 0.483. The lowest BCUT2D eigenvalue weighted by Crippen LogP contribution is -2.09. The van der Waals surface area contributed by atoms with Gasteiger partial charge in [-0.05, 0) is 17.7 Å². The van der Waals surface area contributed by atoms with Crippen LogP contribution in [0.5, 0.6) is 0 Å². The molecule has 6 heteroatoms. The number of hydrogen-bond acceptors (Lipinski definition) is 3. The number of aromatic nitrogens is 3. The molecule has 0 aliphatic rings. The maximum atomic E-state index is 9.08. The molecule has 0 radical (unpaired) electrons. The molecule has 0 saturated carbocycles. The van der Waals surface area contributed by atoms with Crippen molar-refractivity contribution in [2.45, 2.75) is 32.7 Å². The molecule has 108 valence electrons. The molecule has 20 heavy (non-hydrogen) atoms. The third kappa shape index (κ3) is 3.32. The number of nitrogens with zero attached hydrogens (tertiary/aromatic N) is 3. The number of benzene rings is 1. The van der Waals surface area contributed by atoms with Gasteiger partial charge in [-0.15, -0.1) is 0 Å². The van der Waals surface area contributed by atoms with Crippen molar-refractivity contribution in [1.29, 1.82) is 0 Å². The molecule has 1 N–H and O–H groups in total. The molecular formula is C14H17Cl2N3O. The van der Waals surface area contributed by atoms with Gasteiger partial charge in [-0.1, -0.05) is 43.1 Å². The summed E-state index contributed by atoms with van der Waals surface area (Å²) >= 11 is 12.3. The van der Waals surface area contributed by atoms with Crippen LogP contribution in [-0.2, 0) is 13.0 Å². The second-order valence-corrected chi connectivity index (χ2v) is 5.68. The summed E-state index contributed by atoms with van der Waals surface area (Å²) in [5.74, 6) is 1.76. The molecule has 0 spiro atoms. The van der Waals surface area contributed by atoms with Gasteiger partial charge in [0, 0.05) is 22.4 Å². The normalized spacial score (nSPS) is 11.3. The zero-order valence-electron chi connectivity index (χ0n) is 11.5. The third-order valence-electron chi connectivity index (χ3n) is 2.97. The maximum absolute atomic E-state index is 9.08. The zero-order chi connectivity index (χ0) is 14.7. The molecule has 0 aliphatic heterocycles. The molecular weight excluding hydrogens is 297 g/mol. The van der Waals surface area contributed by atoms with Crippen LogP contribution in [0.2, 0.25) is 10.0 Å². The Morgan fingerprint density at radius 1 is 1.25 bits per heavy atom. The van der Waals surface area contributed by atoms with Gasteiger partial charge in [-0.2, -0.15) is 5.10 Å². The number of rotatable bonds is 5. The van der Waals surface area contributed by atoms with Crippen LogP contribution >= 0.6 is 23.2 Å². The van der Waals surface area contributed by atoms with E-state index in [1.165, 1.54) is 0 Å². The summed E-state index contributed by atoms with van der Waals surface area (Å²) < 4.78 is 1.74. The van der Waals surface area contributed by atoms with Crippen LogP contribution in [0.25, 0.3) is 0 Å². The molecule has 0 aliphatic carbocycles. The minimum atomic E-state index is 0.0371. The highest BCUT2D eigenvalue weighted by Crippen LogP contribution is 2.26. The second-order valence-electron chi connectivity index (χ2n) is 4.86. The van der Waals surface area contributed by atoms with Crippen molar-refractivity contribution in [3.63, 3.8) is 0 Å². The monoisotopic (exact) mass is 313 g/mol. The first kappa shape index (κ1) is 15.3. The van der Waals surface area contributed by atoms with Crippen molar-refractivity contribution in [3.8, 4) is 0 Å². The van der Waals surface area contributed by atoms with Crippen molar-refractivity contribution in [2.75, 3.05) is 6.61 Å². The standard InChI is InChI=1S/C14H17Cl2N3O/c1-9(2)14-17-13(18-19(14)6-7-20)8-10-11(15)4-3-5-12(10)16/h3-5,9,20H,6-8H2,1-2H3. The van der Waals surface area contributed by atoms with Crippen LogP contribution in [-0.4, -0.2) is 26.5 Å². The van der Waals surface area contributed by atoms with Crippen molar-refractivity contribution >= 4 is 23.2 Å². The Morgan fingerprint density at radius 3 is 2.45 bits per heavy atom. The molecule has 2 rings (SSSR count). The van der Waals surface area contributed by atoms with E-state index >= 15 is 0 Å². The molecule has 0 saturated heterocycles. The molecule has 0 unspecified atom stereocenters. The Bertz CT molecular complexity index is 576. The van der Waals surface area contributed by atoms with Gasteiger partial charge in [0.05, 0.1) is 13.2 Å². The Hall–Kier alpha value is -1.10. The summed E-state index contributed by atoms with van der Waals surface area (Å²) in [7, 11) is 0. The van der Waals surface area contributed by atoms with Gasteiger partial charge >= 0.3 is 0 Å². The second kappa shape index (κ2) is 6.57. The minimum Gasteiger partial charge on any atom is -0.394 e. The van der Waals surface area contributed by atoms with E-state index in [9.17, 15) is 0 Å². The molecule has 0 fully saturated rings. The first-order valence-corrected chi connectivity index (χ1v) is 7.26. The predicted octanol–water partition coefficient (Wildman–Crippen LogP) is 3.29. The van der Waals surface area contributed by atoms with Gasteiger partial charge < -0.3 is 5.11 Å². The minimum absolute atomic E-state index is 0.0371. The van der Waals surface area contributed by atoms with Gasteiger partial charge in [-0.25, -0.2) is 9.67 Å². The van der Waals surface area contributed by atoms with E-state index < -0.39 is 0 Å². The van der Waals surface area contributed by atoms with Gasteiger partial charge in [-0.3, -0.25) is 0 Å². The van der Waals surface area contributed by atoms with E-state index in [0.717, 1.165) is 11.4 Å². The smallest absolute Gasteiger partial charge is 0.155 e. The van der Waals surface area contributed by atoms with E-state index in [4.69, 9.17) is 28.3 Å². The summed E-state index contributed by atoms with van der Waals surface area (Å²) in [4.78, 5) is 4.53. The van der Waals surface area contributed by atoms with E-state index in [0.29, 0.717) is 28.8 Å². The Kier molecular flexibility index (Phi) is 5.02. The average molecular weight is 314 g/mol. The maximum Gasteiger partial charge on any atom is 0.155 e. The molecule has 1 aromatic heterocycles. The summed E-state index contributed by atoms with van der Waals surface area (Å²) in [6.45, 7) is 4.57. The van der Waals surface area contributed by atoms with E-state index in [1.807, 2.05) is 19.9 Å². The summed E-state index contributed by atoms with van der Waals surface area (Å²) in [5.41, 5.74) is 0.826. The zero-order valence-corrected chi connectivity index (χ0v) is 13.0. The third-order valence-corrected chi connectivity index (χ3v) is 3.68. The SMILES string of the molecule is CC(C)c1nc(Cc2c(Cl)cccc2Cl)nn1CCO. The van der Waals surface area contributed by atoms with Crippen LogP contribution < -0.4 is 0 Å². The van der Waals surface area contributed by atoms with Gasteiger partial charge in [0.1, 0.15) is 5.82 Å². The topological polar surface area (TPSA) is 50.9 Å². The number of halogens is 2. The van der Waals surface area contributed by atoms with Crippen LogP contribution in [0.15, 0.2) is 18.2 Å². The highest BCUT2D eigenvalue weighted by Gasteiger charge is 2.15. The van der Waals surface area contributed by atoms with Gasteiger partial charge in [0.25, 0.3) is 0 Å². The van der Waals surface area contributed by atoms with Crippen LogP contribution in [0.4, 0.5) is 0 Å². The Labute approximate surface area is 128 Å². The van der Waals surface area contributed by atoms with Crippen LogP contribution in [0.3, 0.4) is 0 Å². The fourth-order valence-electron chi connectivity index (χ4n) is 2.02. The van der Waals surface area contributed by atoms with Gasteiger partial charge in [0.15, 0.2) is 5.82 Å². The van der Waals surface area contributed by atoms with E-state index in [-0.39, 0.29) is 12.5 Å². The Balaban J connectivity index is 2.32. The number of aliphatic hydroxyl groups is 1. The fraction of sp³-hybridized carbons (Fsp3) is 0.429. The number of aliphatic hydroxyl groups excluding tert-OH is 1. The molecule has 1 aromatic carbocycles. The largest absolute Gasteiger partial charge is 0.394 e. The van der Waals surface area contributed by atoms with E-state index in [1.54, 1.807) is 16.8 Å². The lowest BCUT2D eigenvalue weighted by atomic mass is 10.1.